The SMILES string of the molecule is CCOC(=O)c1sc(C#CCNC(=O)OCC2c3ccccc3-c3ccccc32)nc1C. The average molecular weight is 447 g/mol. The summed E-state index contributed by atoms with van der Waals surface area (Å²) in [6.07, 6.45) is -0.524. The van der Waals surface area contributed by atoms with Crippen LogP contribution in [0.25, 0.3) is 11.1 Å². The second kappa shape index (κ2) is 9.67. The summed E-state index contributed by atoms with van der Waals surface area (Å²) in [6.45, 7) is 4.17. The molecule has 3 aromatic rings. The molecule has 4 rings (SSSR count). The molecule has 0 saturated heterocycles. The number of alkyl carbamates (subject to hydrolysis) is 1. The molecule has 162 valence electrons. The molecule has 0 spiro atoms. The topological polar surface area (TPSA) is 77.5 Å². The Bertz CT molecular complexity index is 1180. The van der Waals surface area contributed by atoms with Crippen LogP contribution < -0.4 is 5.32 Å². The van der Waals surface area contributed by atoms with E-state index in [2.05, 4.69) is 46.4 Å². The quantitative estimate of drug-likeness (QED) is 0.461. The summed E-state index contributed by atoms with van der Waals surface area (Å²) in [5, 5.41) is 3.14. The molecule has 6 nitrogen and oxygen atoms in total. The maximum atomic E-state index is 12.2. The molecule has 0 radical (unpaired) electrons. The van der Waals surface area contributed by atoms with Crippen LogP contribution in [0.1, 0.15) is 44.3 Å². The Kier molecular flexibility index (Phi) is 6.52. The van der Waals surface area contributed by atoms with E-state index in [1.54, 1.807) is 13.8 Å². The van der Waals surface area contributed by atoms with Crippen molar-refractivity contribution in [3.8, 4) is 23.0 Å². The number of nitrogens with one attached hydrogen (secondary N) is 1. The number of carbonyl (C=O) groups is 2. The molecule has 0 saturated carbocycles. The molecule has 32 heavy (non-hydrogen) atoms. The first-order chi connectivity index (χ1) is 15.6. The Balaban J connectivity index is 1.32. The molecule has 1 heterocycles. The fourth-order valence-electron chi connectivity index (χ4n) is 3.72. The van der Waals surface area contributed by atoms with Crippen molar-refractivity contribution in [3.63, 3.8) is 0 Å². The lowest BCUT2D eigenvalue weighted by molar-refractivity contribution is 0.0531. The highest BCUT2D eigenvalue weighted by atomic mass is 32.1. The largest absolute Gasteiger partial charge is 0.462 e. The minimum absolute atomic E-state index is 0.0128. The molecule has 7 heteroatoms. The number of aryl methyl sites for hydroxylation is 1. The molecule has 1 N–H and O–H groups in total. The zero-order chi connectivity index (χ0) is 22.5. The Morgan fingerprint density at radius 1 is 1.06 bits per heavy atom. The molecular weight excluding hydrogens is 424 g/mol. The minimum atomic E-state index is -0.524. The van der Waals surface area contributed by atoms with Crippen LogP contribution in [-0.4, -0.2) is 36.8 Å². The zero-order valence-electron chi connectivity index (χ0n) is 17.8. The van der Waals surface area contributed by atoms with Crippen molar-refractivity contribution in [2.75, 3.05) is 19.8 Å². The van der Waals surface area contributed by atoms with Gasteiger partial charge in [-0.1, -0.05) is 65.8 Å². The van der Waals surface area contributed by atoms with Crippen LogP contribution in [0.2, 0.25) is 0 Å². The number of aromatic nitrogens is 1. The van der Waals surface area contributed by atoms with E-state index in [4.69, 9.17) is 9.47 Å². The number of thiazole rings is 1. The summed E-state index contributed by atoms with van der Waals surface area (Å²) in [5.41, 5.74) is 5.28. The first-order valence-corrected chi connectivity index (χ1v) is 11.1. The number of hydrogen-bond donors (Lipinski definition) is 1. The molecule has 0 fully saturated rings. The number of amides is 1. The highest BCUT2D eigenvalue weighted by Crippen LogP contribution is 2.44. The van der Waals surface area contributed by atoms with Gasteiger partial charge in [-0.3, -0.25) is 0 Å². The van der Waals surface area contributed by atoms with E-state index in [0.29, 0.717) is 22.2 Å². The standard InChI is InChI=1S/C25H22N2O4S/c1-3-30-24(28)23-16(2)27-22(32-23)13-8-14-26-25(29)31-15-21-19-11-6-4-9-17(19)18-10-5-7-12-20(18)21/h4-7,9-12,21H,3,14-15H2,1-2H3,(H,26,29). The van der Waals surface area contributed by atoms with Crippen LogP contribution in [0.15, 0.2) is 48.5 Å². The lowest BCUT2D eigenvalue weighted by Crippen LogP contribution is -2.26. The third kappa shape index (κ3) is 4.51. The Labute approximate surface area is 190 Å². The maximum absolute atomic E-state index is 12.2. The van der Waals surface area contributed by atoms with Gasteiger partial charge in [-0.25, -0.2) is 14.6 Å². The van der Waals surface area contributed by atoms with Crippen LogP contribution in [0, 0.1) is 18.8 Å². The predicted octanol–water partition coefficient (Wildman–Crippen LogP) is 4.52. The molecule has 1 aliphatic rings. The highest BCUT2D eigenvalue weighted by molar-refractivity contribution is 7.14. The number of esters is 1. The third-order valence-corrected chi connectivity index (χ3v) is 6.17. The van der Waals surface area contributed by atoms with Gasteiger partial charge < -0.3 is 14.8 Å². The van der Waals surface area contributed by atoms with Gasteiger partial charge >= 0.3 is 12.1 Å². The number of benzene rings is 2. The number of ether oxygens (including phenoxy) is 2. The molecule has 0 bridgehead atoms. The van der Waals surface area contributed by atoms with E-state index < -0.39 is 12.1 Å². The third-order valence-electron chi connectivity index (χ3n) is 5.12. The van der Waals surface area contributed by atoms with Gasteiger partial charge in [-0.05, 0) is 42.0 Å². The number of hydrogen-bond acceptors (Lipinski definition) is 6. The summed E-state index contributed by atoms with van der Waals surface area (Å²) in [4.78, 5) is 28.7. The number of nitrogens with zero attached hydrogens (tertiary/aromatic N) is 1. The average Bonchev–Trinajstić information content (AvgIpc) is 3.33. The van der Waals surface area contributed by atoms with E-state index in [1.165, 1.54) is 22.5 Å². The van der Waals surface area contributed by atoms with Crippen LogP contribution in [-0.2, 0) is 9.47 Å². The second-order valence-electron chi connectivity index (χ2n) is 7.13. The molecular formula is C25H22N2O4S. The van der Waals surface area contributed by atoms with Crippen molar-refractivity contribution >= 4 is 23.4 Å². The fourth-order valence-corrected chi connectivity index (χ4v) is 4.56. The Hall–Kier alpha value is -3.63. The van der Waals surface area contributed by atoms with Crippen LogP contribution in [0.5, 0.6) is 0 Å². The van der Waals surface area contributed by atoms with Crippen molar-refractivity contribution in [3.05, 3.63) is 75.2 Å². The normalized spacial score (nSPS) is 11.7. The summed E-state index contributed by atoms with van der Waals surface area (Å²) in [6, 6.07) is 16.4. The monoisotopic (exact) mass is 446 g/mol. The van der Waals surface area contributed by atoms with Gasteiger partial charge in [-0.2, -0.15) is 0 Å². The Morgan fingerprint density at radius 3 is 2.38 bits per heavy atom. The van der Waals surface area contributed by atoms with Gasteiger partial charge in [0.1, 0.15) is 11.5 Å². The second-order valence-corrected chi connectivity index (χ2v) is 8.13. The van der Waals surface area contributed by atoms with Crippen molar-refractivity contribution in [1.29, 1.82) is 0 Å². The lowest BCUT2D eigenvalue weighted by atomic mass is 9.98. The summed E-state index contributed by atoms with van der Waals surface area (Å²) >= 11 is 1.18. The number of rotatable bonds is 5. The maximum Gasteiger partial charge on any atom is 0.407 e. The smallest absolute Gasteiger partial charge is 0.407 e. The van der Waals surface area contributed by atoms with Crippen molar-refractivity contribution in [2.24, 2.45) is 0 Å². The van der Waals surface area contributed by atoms with Gasteiger partial charge in [0.2, 0.25) is 0 Å². The fraction of sp³-hybridized carbons (Fsp3) is 0.240. The van der Waals surface area contributed by atoms with Gasteiger partial charge in [0.05, 0.1) is 18.8 Å². The molecule has 0 atom stereocenters. The number of fused-ring (bicyclic) bond motifs is 3. The Morgan fingerprint density at radius 2 is 1.72 bits per heavy atom. The lowest BCUT2D eigenvalue weighted by Gasteiger charge is -2.14. The van der Waals surface area contributed by atoms with Gasteiger partial charge in [-0.15, -0.1) is 0 Å². The van der Waals surface area contributed by atoms with E-state index in [9.17, 15) is 9.59 Å². The van der Waals surface area contributed by atoms with E-state index >= 15 is 0 Å². The van der Waals surface area contributed by atoms with Crippen LogP contribution in [0.4, 0.5) is 4.79 Å². The van der Waals surface area contributed by atoms with E-state index in [-0.39, 0.29) is 19.1 Å². The molecule has 1 aromatic heterocycles. The van der Waals surface area contributed by atoms with Gasteiger partial charge in [0.15, 0.2) is 5.01 Å². The summed E-state index contributed by atoms with van der Waals surface area (Å²) < 4.78 is 10.5. The highest BCUT2D eigenvalue weighted by Gasteiger charge is 2.28. The van der Waals surface area contributed by atoms with Crippen LogP contribution in [0.3, 0.4) is 0 Å². The molecule has 1 amide bonds. The van der Waals surface area contributed by atoms with Crippen LogP contribution >= 0.6 is 11.3 Å². The minimum Gasteiger partial charge on any atom is -0.462 e. The zero-order valence-corrected chi connectivity index (χ0v) is 18.6. The van der Waals surface area contributed by atoms with E-state index in [1.807, 2.05) is 24.3 Å². The summed E-state index contributed by atoms with van der Waals surface area (Å²) in [5.74, 6) is 5.31. The van der Waals surface area contributed by atoms with Gasteiger partial charge in [0.25, 0.3) is 0 Å². The molecule has 0 aliphatic heterocycles. The molecule has 0 unspecified atom stereocenters. The number of carbonyl (C=O) groups excluding carboxylic acids is 2. The predicted molar refractivity (Wildman–Crippen MR) is 123 cm³/mol. The van der Waals surface area contributed by atoms with Gasteiger partial charge in [0, 0.05) is 5.92 Å². The van der Waals surface area contributed by atoms with E-state index in [0.717, 1.165) is 11.1 Å². The first kappa shape index (κ1) is 21.6. The molecule has 1 aliphatic carbocycles. The van der Waals surface area contributed by atoms with Crippen molar-refractivity contribution in [1.82, 2.24) is 10.3 Å². The van der Waals surface area contributed by atoms with Crippen molar-refractivity contribution < 1.29 is 19.1 Å². The van der Waals surface area contributed by atoms with Crippen molar-refractivity contribution in [2.45, 2.75) is 19.8 Å². The first-order valence-electron chi connectivity index (χ1n) is 10.3. The summed E-state index contributed by atoms with van der Waals surface area (Å²) in [7, 11) is 0. The molecule has 2 aromatic carbocycles.